The summed E-state index contributed by atoms with van der Waals surface area (Å²) in [5.41, 5.74) is 1.71. The maximum Gasteiger partial charge on any atom is 0.335 e. The fourth-order valence-corrected chi connectivity index (χ4v) is 1.66. The van der Waals surface area contributed by atoms with Crippen LogP contribution in [-0.4, -0.2) is 22.2 Å². The van der Waals surface area contributed by atoms with Gasteiger partial charge >= 0.3 is 11.9 Å². The van der Waals surface area contributed by atoms with Gasteiger partial charge in [0.1, 0.15) is 0 Å². The summed E-state index contributed by atoms with van der Waals surface area (Å²) >= 11 is 0. The van der Waals surface area contributed by atoms with Gasteiger partial charge in [-0.05, 0) is 35.4 Å². The predicted molar refractivity (Wildman–Crippen MR) is 65.8 cm³/mol. The number of rotatable bonds is 3. The molecule has 2 N–H and O–H groups in total. The number of hydrogen-bond acceptors (Lipinski definition) is 2. The molecule has 4 heteroatoms. The highest BCUT2D eigenvalue weighted by Gasteiger charge is 2.07. The van der Waals surface area contributed by atoms with Gasteiger partial charge in [-0.3, -0.25) is 0 Å². The summed E-state index contributed by atoms with van der Waals surface area (Å²) in [5, 5.41) is 17.8. The molecule has 0 fully saturated rings. The van der Waals surface area contributed by atoms with Crippen molar-refractivity contribution in [3.8, 4) is 11.1 Å². The molecule has 0 aliphatic heterocycles. The Morgan fingerprint density at radius 2 is 1.11 bits per heavy atom. The fourth-order valence-electron chi connectivity index (χ4n) is 1.66. The first-order valence-electron chi connectivity index (χ1n) is 5.25. The molecule has 0 aromatic heterocycles. The first kappa shape index (κ1) is 11.9. The summed E-state index contributed by atoms with van der Waals surface area (Å²) in [6.07, 6.45) is 0. The molecule has 0 radical (unpaired) electrons. The van der Waals surface area contributed by atoms with Crippen molar-refractivity contribution < 1.29 is 19.8 Å². The molecule has 0 atom stereocenters. The maximum atomic E-state index is 10.9. The van der Waals surface area contributed by atoms with Crippen molar-refractivity contribution in [1.82, 2.24) is 0 Å². The molecule has 0 heterocycles. The molecular weight excluding hydrogens is 232 g/mol. The maximum absolute atomic E-state index is 10.9. The van der Waals surface area contributed by atoms with E-state index in [1.54, 1.807) is 24.3 Å². The normalized spacial score (nSPS) is 10.0. The number of aromatic carboxylic acids is 2. The molecule has 0 saturated carbocycles. The number of carbonyl (C=O) groups is 2. The molecule has 0 aliphatic rings. The van der Waals surface area contributed by atoms with E-state index in [1.807, 2.05) is 0 Å². The van der Waals surface area contributed by atoms with E-state index in [1.165, 1.54) is 24.3 Å². The Bertz CT molecular complexity index is 561. The monoisotopic (exact) mass is 242 g/mol. The third kappa shape index (κ3) is 2.38. The first-order chi connectivity index (χ1) is 8.58. The smallest absolute Gasteiger partial charge is 0.335 e. The minimum atomic E-state index is -1.01. The van der Waals surface area contributed by atoms with E-state index in [2.05, 4.69) is 0 Å². The van der Waals surface area contributed by atoms with Crippen molar-refractivity contribution in [2.24, 2.45) is 0 Å². The zero-order valence-electron chi connectivity index (χ0n) is 9.33. The lowest BCUT2D eigenvalue weighted by Crippen LogP contribution is -1.97. The lowest BCUT2D eigenvalue weighted by Gasteiger charge is -2.04. The molecule has 2 aromatic rings. The molecular formula is C14H10O4. The van der Waals surface area contributed by atoms with E-state index in [9.17, 15) is 9.59 Å². The summed E-state index contributed by atoms with van der Waals surface area (Å²) in [6.45, 7) is 0. The van der Waals surface area contributed by atoms with E-state index in [-0.39, 0.29) is 11.1 Å². The second kappa shape index (κ2) is 4.71. The zero-order valence-corrected chi connectivity index (χ0v) is 9.33. The Hall–Kier alpha value is -2.62. The molecule has 0 saturated heterocycles. The molecule has 4 nitrogen and oxygen atoms in total. The van der Waals surface area contributed by atoms with Gasteiger partial charge in [-0.1, -0.05) is 24.3 Å². The van der Waals surface area contributed by atoms with E-state index in [0.29, 0.717) is 11.1 Å². The average molecular weight is 242 g/mol. The van der Waals surface area contributed by atoms with Crippen molar-refractivity contribution in [1.29, 1.82) is 0 Å². The summed E-state index contributed by atoms with van der Waals surface area (Å²) in [4.78, 5) is 21.7. The first-order valence-corrected chi connectivity index (χ1v) is 5.25. The van der Waals surface area contributed by atoms with Crippen molar-refractivity contribution >= 4 is 11.9 Å². The van der Waals surface area contributed by atoms with Gasteiger partial charge in [0.25, 0.3) is 0 Å². The van der Waals surface area contributed by atoms with Gasteiger partial charge in [-0.2, -0.15) is 0 Å². The molecule has 2 aromatic carbocycles. The second-order valence-electron chi connectivity index (χ2n) is 3.77. The van der Waals surface area contributed by atoms with Gasteiger partial charge in [0, 0.05) is 0 Å². The second-order valence-corrected chi connectivity index (χ2v) is 3.77. The van der Waals surface area contributed by atoms with E-state index in [0.717, 1.165) is 0 Å². The topological polar surface area (TPSA) is 74.6 Å². The van der Waals surface area contributed by atoms with Crippen molar-refractivity contribution in [3.05, 3.63) is 59.7 Å². The minimum Gasteiger partial charge on any atom is -0.478 e. The average Bonchev–Trinajstić information content (AvgIpc) is 2.39. The fraction of sp³-hybridized carbons (Fsp3) is 0. The molecule has 0 amide bonds. The van der Waals surface area contributed by atoms with Crippen LogP contribution in [-0.2, 0) is 0 Å². The lowest BCUT2D eigenvalue weighted by molar-refractivity contribution is 0.0686. The molecule has 18 heavy (non-hydrogen) atoms. The SMILES string of the molecule is O=C(O)c1cccc(-c2cccc(C(=O)O)c2)c1. The van der Waals surface area contributed by atoms with Crippen LogP contribution in [0.25, 0.3) is 11.1 Å². The van der Waals surface area contributed by atoms with Gasteiger partial charge in [0.2, 0.25) is 0 Å². The largest absolute Gasteiger partial charge is 0.478 e. The van der Waals surface area contributed by atoms with Crippen LogP contribution in [0, 0.1) is 0 Å². The summed E-state index contributed by atoms with van der Waals surface area (Å²) in [6, 6.07) is 12.8. The molecule has 90 valence electrons. The number of carboxylic acid groups (broad SMARTS) is 2. The molecule has 0 aliphatic carbocycles. The molecule has 0 spiro atoms. The van der Waals surface area contributed by atoms with Crippen molar-refractivity contribution in [2.75, 3.05) is 0 Å². The van der Waals surface area contributed by atoms with Gasteiger partial charge in [0.15, 0.2) is 0 Å². The highest BCUT2D eigenvalue weighted by molar-refractivity contribution is 5.91. The summed E-state index contributed by atoms with van der Waals surface area (Å²) in [7, 11) is 0. The van der Waals surface area contributed by atoms with Gasteiger partial charge in [-0.25, -0.2) is 9.59 Å². The summed E-state index contributed by atoms with van der Waals surface area (Å²) in [5.74, 6) is -2.02. The highest BCUT2D eigenvalue weighted by Crippen LogP contribution is 2.21. The van der Waals surface area contributed by atoms with Crippen LogP contribution in [0.2, 0.25) is 0 Å². The van der Waals surface area contributed by atoms with E-state index in [4.69, 9.17) is 10.2 Å². The minimum absolute atomic E-state index is 0.174. The van der Waals surface area contributed by atoms with Crippen LogP contribution in [0.5, 0.6) is 0 Å². The van der Waals surface area contributed by atoms with Crippen LogP contribution < -0.4 is 0 Å². The third-order valence-corrected chi connectivity index (χ3v) is 2.55. The Balaban J connectivity index is 2.48. The quantitative estimate of drug-likeness (QED) is 0.867. The van der Waals surface area contributed by atoms with Crippen LogP contribution in [0.15, 0.2) is 48.5 Å². The Kier molecular flexibility index (Phi) is 3.10. The summed E-state index contributed by atoms with van der Waals surface area (Å²) < 4.78 is 0. The van der Waals surface area contributed by atoms with Crippen LogP contribution in [0.3, 0.4) is 0 Å². The van der Waals surface area contributed by atoms with E-state index >= 15 is 0 Å². The lowest BCUT2D eigenvalue weighted by atomic mass is 10.0. The van der Waals surface area contributed by atoms with Crippen molar-refractivity contribution in [2.45, 2.75) is 0 Å². The molecule has 2 rings (SSSR count). The van der Waals surface area contributed by atoms with Gasteiger partial charge in [-0.15, -0.1) is 0 Å². The Morgan fingerprint density at radius 3 is 1.44 bits per heavy atom. The van der Waals surface area contributed by atoms with Gasteiger partial charge < -0.3 is 10.2 Å². The number of hydrogen-bond donors (Lipinski definition) is 2. The van der Waals surface area contributed by atoms with Gasteiger partial charge in [0.05, 0.1) is 11.1 Å². The highest BCUT2D eigenvalue weighted by atomic mass is 16.4. The predicted octanol–water partition coefficient (Wildman–Crippen LogP) is 2.75. The molecule has 0 unspecified atom stereocenters. The zero-order chi connectivity index (χ0) is 13.1. The van der Waals surface area contributed by atoms with Crippen LogP contribution in [0.4, 0.5) is 0 Å². The Morgan fingerprint density at radius 1 is 0.722 bits per heavy atom. The Labute approximate surface area is 103 Å². The molecule has 0 bridgehead atoms. The number of benzene rings is 2. The third-order valence-electron chi connectivity index (χ3n) is 2.55. The van der Waals surface area contributed by atoms with Crippen LogP contribution >= 0.6 is 0 Å². The van der Waals surface area contributed by atoms with E-state index < -0.39 is 11.9 Å². The number of carboxylic acids is 2. The van der Waals surface area contributed by atoms with Crippen molar-refractivity contribution in [3.63, 3.8) is 0 Å². The van der Waals surface area contributed by atoms with Crippen LogP contribution in [0.1, 0.15) is 20.7 Å². The standard InChI is InChI=1S/C14H10O4/c15-13(16)11-5-1-3-9(7-11)10-4-2-6-12(8-10)14(17)18/h1-8H,(H,15,16)(H,17,18).